The monoisotopic (exact) mass is 186 g/mol. The molecule has 0 atom stereocenters. The number of alkyl carbamates (subject to hydrolysis) is 1. The minimum absolute atomic E-state index is 0.280. The lowest BCUT2D eigenvalue weighted by molar-refractivity contribution is 0.124. The second-order valence-corrected chi connectivity index (χ2v) is 3.20. The van der Waals surface area contributed by atoms with E-state index in [0.717, 1.165) is 39.0 Å². The van der Waals surface area contributed by atoms with Gasteiger partial charge in [0.25, 0.3) is 0 Å². The average Bonchev–Trinajstić information content (AvgIpc) is 2.15. The van der Waals surface area contributed by atoms with Crippen molar-refractivity contribution in [1.29, 1.82) is 0 Å². The lowest BCUT2D eigenvalue weighted by Gasteiger charge is -2.21. The van der Waals surface area contributed by atoms with Gasteiger partial charge in [-0.05, 0) is 25.9 Å². The lowest BCUT2D eigenvalue weighted by Crippen LogP contribution is -2.34. The molecule has 1 N–H and O–H groups in total. The van der Waals surface area contributed by atoms with E-state index in [-0.39, 0.29) is 6.09 Å². The molecule has 0 aromatic rings. The van der Waals surface area contributed by atoms with Crippen molar-refractivity contribution >= 4 is 6.09 Å². The van der Waals surface area contributed by atoms with Gasteiger partial charge in [-0.1, -0.05) is 6.92 Å². The zero-order valence-corrected chi connectivity index (χ0v) is 8.21. The first kappa shape index (κ1) is 10.3. The third-order valence-corrected chi connectivity index (χ3v) is 2.26. The van der Waals surface area contributed by atoms with Crippen molar-refractivity contribution in [3.05, 3.63) is 0 Å². The molecule has 13 heavy (non-hydrogen) atoms. The summed E-state index contributed by atoms with van der Waals surface area (Å²) in [5.74, 6) is 0. The molecule has 0 spiro atoms. The molecule has 0 radical (unpaired) electrons. The van der Waals surface area contributed by atoms with Crippen LogP contribution in [0.4, 0.5) is 4.79 Å². The Morgan fingerprint density at radius 1 is 1.46 bits per heavy atom. The first-order valence-corrected chi connectivity index (χ1v) is 4.96. The number of carbonyl (C=O) groups is 1. The Bertz CT molecular complexity index is 162. The van der Waals surface area contributed by atoms with Crippen LogP contribution in [0.1, 0.15) is 19.8 Å². The highest BCUT2D eigenvalue weighted by Gasteiger charge is 2.07. The molecule has 1 fully saturated rings. The molecule has 1 rings (SSSR count). The molecule has 4 heteroatoms. The summed E-state index contributed by atoms with van der Waals surface area (Å²) in [5.41, 5.74) is 0. The summed E-state index contributed by atoms with van der Waals surface area (Å²) in [4.78, 5) is 13.2. The molecule has 1 aliphatic heterocycles. The molecule has 0 aromatic carbocycles. The van der Waals surface area contributed by atoms with E-state index in [1.807, 2.05) is 0 Å². The van der Waals surface area contributed by atoms with E-state index in [1.165, 1.54) is 0 Å². The minimum atomic E-state index is -0.280. The Balaban J connectivity index is 2.29. The average molecular weight is 186 g/mol. The van der Waals surface area contributed by atoms with Crippen molar-refractivity contribution in [1.82, 2.24) is 10.2 Å². The molecule has 76 valence electrons. The van der Waals surface area contributed by atoms with E-state index < -0.39 is 0 Å². The van der Waals surface area contributed by atoms with E-state index in [1.54, 1.807) is 0 Å². The molecule has 1 aliphatic rings. The van der Waals surface area contributed by atoms with Gasteiger partial charge in [0.2, 0.25) is 0 Å². The summed E-state index contributed by atoms with van der Waals surface area (Å²) in [6, 6.07) is 0. The van der Waals surface area contributed by atoms with Gasteiger partial charge in [0.1, 0.15) is 6.61 Å². The molecule has 1 amide bonds. The largest absolute Gasteiger partial charge is 0.448 e. The minimum Gasteiger partial charge on any atom is -0.448 e. The smallest absolute Gasteiger partial charge is 0.407 e. The van der Waals surface area contributed by atoms with Crippen LogP contribution in [0.15, 0.2) is 0 Å². The quantitative estimate of drug-likeness (QED) is 0.659. The normalized spacial score (nSPS) is 21.8. The fourth-order valence-corrected chi connectivity index (χ4v) is 1.40. The van der Waals surface area contributed by atoms with E-state index in [0.29, 0.717) is 6.61 Å². The topological polar surface area (TPSA) is 41.6 Å². The standard InChI is InChI=1S/C9H18N2O2/c1-2-11-6-4-3-5-10-9(12)13-8-7-11/h2-8H2,1H3,(H,10,12). The number of nitrogens with one attached hydrogen (secondary N) is 1. The van der Waals surface area contributed by atoms with Gasteiger partial charge >= 0.3 is 6.09 Å². The van der Waals surface area contributed by atoms with Crippen LogP contribution < -0.4 is 5.32 Å². The van der Waals surface area contributed by atoms with Crippen LogP contribution in [0.2, 0.25) is 0 Å². The number of hydrogen-bond acceptors (Lipinski definition) is 3. The van der Waals surface area contributed by atoms with Crippen molar-refractivity contribution in [2.75, 3.05) is 32.8 Å². The SMILES string of the molecule is CCN1CCCCNC(=O)OCC1. The van der Waals surface area contributed by atoms with Crippen molar-refractivity contribution in [3.63, 3.8) is 0 Å². The second kappa shape index (κ2) is 5.80. The van der Waals surface area contributed by atoms with Gasteiger partial charge in [-0.15, -0.1) is 0 Å². The molecule has 1 heterocycles. The first-order valence-electron chi connectivity index (χ1n) is 4.96. The maximum Gasteiger partial charge on any atom is 0.407 e. The van der Waals surface area contributed by atoms with Gasteiger partial charge in [-0.3, -0.25) is 0 Å². The van der Waals surface area contributed by atoms with Gasteiger partial charge in [0, 0.05) is 13.1 Å². The molecule has 0 bridgehead atoms. The molecule has 0 unspecified atom stereocenters. The number of rotatable bonds is 1. The molecule has 1 saturated heterocycles. The summed E-state index contributed by atoms with van der Waals surface area (Å²) in [7, 11) is 0. The number of nitrogens with zero attached hydrogens (tertiary/aromatic N) is 1. The van der Waals surface area contributed by atoms with E-state index in [4.69, 9.17) is 4.74 Å². The lowest BCUT2D eigenvalue weighted by atomic mass is 10.3. The molecular formula is C9H18N2O2. The number of hydrogen-bond donors (Lipinski definition) is 1. The predicted octanol–water partition coefficient (Wildman–Crippen LogP) is 0.828. The molecule has 4 nitrogen and oxygen atoms in total. The Morgan fingerprint density at radius 3 is 3.08 bits per heavy atom. The van der Waals surface area contributed by atoms with Crippen LogP contribution in [-0.4, -0.2) is 43.8 Å². The Labute approximate surface area is 79.2 Å². The van der Waals surface area contributed by atoms with Crippen LogP contribution in [0.5, 0.6) is 0 Å². The van der Waals surface area contributed by atoms with Crippen molar-refractivity contribution < 1.29 is 9.53 Å². The maximum absolute atomic E-state index is 10.9. The summed E-state index contributed by atoms with van der Waals surface area (Å²) in [6.07, 6.45) is 1.90. The van der Waals surface area contributed by atoms with Crippen molar-refractivity contribution in [2.45, 2.75) is 19.8 Å². The van der Waals surface area contributed by atoms with Gasteiger partial charge in [0.15, 0.2) is 0 Å². The van der Waals surface area contributed by atoms with Gasteiger partial charge in [-0.2, -0.15) is 0 Å². The summed E-state index contributed by atoms with van der Waals surface area (Å²) in [5, 5.41) is 2.71. The number of amides is 1. The summed E-state index contributed by atoms with van der Waals surface area (Å²) < 4.78 is 4.96. The highest BCUT2D eigenvalue weighted by molar-refractivity contribution is 5.66. The summed E-state index contributed by atoms with van der Waals surface area (Å²) >= 11 is 0. The van der Waals surface area contributed by atoms with Crippen LogP contribution in [0.25, 0.3) is 0 Å². The Hall–Kier alpha value is -0.770. The molecule has 0 saturated carbocycles. The van der Waals surface area contributed by atoms with E-state index in [2.05, 4.69) is 17.1 Å². The third kappa shape index (κ3) is 4.12. The Morgan fingerprint density at radius 2 is 2.31 bits per heavy atom. The fraction of sp³-hybridized carbons (Fsp3) is 0.889. The molecular weight excluding hydrogens is 168 g/mol. The zero-order chi connectivity index (χ0) is 9.52. The van der Waals surface area contributed by atoms with Gasteiger partial charge in [-0.25, -0.2) is 4.79 Å². The fourth-order valence-electron chi connectivity index (χ4n) is 1.40. The Kier molecular flexibility index (Phi) is 4.60. The number of likely N-dealkylation sites (N-methyl/N-ethyl adjacent to an activating group) is 1. The van der Waals surface area contributed by atoms with E-state index in [9.17, 15) is 4.79 Å². The highest BCUT2D eigenvalue weighted by atomic mass is 16.5. The van der Waals surface area contributed by atoms with Crippen LogP contribution >= 0.6 is 0 Å². The van der Waals surface area contributed by atoms with Gasteiger partial charge in [0.05, 0.1) is 0 Å². The van der Waals surface area contributed by atoms with Crippen LogP contribution in [-0.2, 0) is 4.74 Å². The van der Waals surface area contributed by atoms with Crippen LogP contribution in [0, 0.1) is 0 Å². The van der Waals surface area contributed by atoms with E-state index >= 15 is 0 Å². The second-order valence-electron chi connectivity index (χ2n) is 3.20. The third-order valence-electron chi connectivity index (χ3n) is 2.26. The zero-order valence-electron chi connectivity index (χ0n) is 8.21. The number of ether oxygens (including phenoxy) is 1. The van der Waals surface area contributed by atoms with Crippen LogP contribution in [0.3, 0.4) is 0 Å². The van der Waals surface area contributed by atoms with Gasteiger partial charge < -0.3 is 15.0 Å². The molecule has 0 aromatic heterocycles. The predicted molar refractivity (Wildman–Crippen MR) is 50.7 cm³/mol. The number of carbonyl (C=O) groups excluding carboxylic acids is 1. The molecule has 0 aliphatic carbocycles. The van der Waals surface area contributed by atoms with Crippen molar-refractivity contribution in [3.8, 4) is 0 Å². The summed E-state index contributed by atoms with van der Waals surface area (Å²) in [6.45, 7) is 6.35. The van der Waals surface area contributed by atoms with Crippen molar-refractivity contribution in [2.24, 2.45) is 0 Å². The number of cyclic esters (lactones) is 1. The maximum atomic E-state index is 10.9. The highest BCUT2D eigenvalue weighted by Crippen LogP contribution is 1.97. The first-order chi connectivity index (χ1) is 6.33.